The first-order valence-electron chi connectivity index (χ1n) is 8.81. The molecule has 0 aliphatic heterocycles. The smallest absolute Gasteiger partial charge is 0.264 e. The fourth-order valence-corrected chi connectivity index (χ4v) is 4.53. The van der Waals surface area contributed by atoms with Crippen LogP contribution in [0.5, 0.6) is 0 Å². The molecule has 6 heteroatoms. The largest absolute Gasteiger partial charge is 0.339 e. The summed E-state index contributed by atoms with van der Waals surface area (Å²) in [7, 11) is -3.72. The number of nitrogens with zero attached hydrogens (tertiary/aromatic N) is 2. The van der Waals surface area contributed by atoms with Crippen molar-refractivity contribution >= 4 is 21.6 Å². The van der Waals surface area contributed by atoms with E-state index in [0.717, 1.165) is 0 Å². The Bertz CT molecular complexity index is 827. The van der Waals surface area contributed by atoms with E-state index in [2.05, 4.69) is 0 Å². The molecule has 0 bridgehead atoms. The van der Waals surface area contributed by atoms with Gasteiger partial charge in [0.2, 0.25) is 0 Å². The highest BCUT2D eigenvalue weighted by Gasteiger charge is 2.27. The van der Waals surface area contributed by atoms with Crippen LogP contribution in [-0.2, 0) is 10.0 Å². The van der Waals surface area contributed by atoms with Gasteiger partial charge in [-0.05, 0) is 64.1 Å². The van der Waals surface area contributed by atoms with Crippen molar-refractivity contribution in [2.45, 2.75) is 38.6 Å². The molecule has 1 amide bonds. The number of sulfonamides is 1. The van der Waals surface area contributed by atoms with E-state index in [1.807, 2.05) is 45.9 Å². The van der Waals surface area contributed by atoms with Gasteiger partial charge in [-0.25, -0.2) is 8.42 Å². The van der Waals surface area contributed by atoms with Gasteiger partial charge in [0.25, 0.3) is 15.9 Å². The summed E-state index contributed by atoms with van der Waals surface area (Å²) in [6.07, 6.45) is 0. The highest BCUT2D eigenvalue weighted by atomic mass is 32.2. The Hall–Kier alpha value is -2.34. The monoisotopic (exact) mass is 374 g/mol. The number of amides is 1. The van der Waals surface area contributed by atoms with Gasteiger partial charge in [0.1, 0.15) is 0 Å². The zero-order chi connectivity index (χ0) is 19.3. The minimum Gasteiger partial charge on any atom is -0.339 e. The molecule has 2 rings (SSSR count). The molecule has 0 saturated carbocycles. The summed E-state index contributed by atoms with van der Waals surface area (Å²) in [6, 6.07) is 15.0. The van der Waals surface area contributed by atoms with Crippen molar-refractivity contribution in [3.8, 4) is 0 Å². The van der Waals surface area contributed by atoms with E-state index in [9.17, 15) is 13.2 Å². The van der Waals surface area contributed by atoms with Crippen LogP contribution >= 0.6 is 0 Å². The van der Waals surface area contributed by atoms with Gasteiger partial charge in [0, 0.05) is 24.7 Å². The maximum atomic E-state index is 13.1. The average molecular weight is 375 g/mol. The number of carbonyl (C=O) groups excluding carboxylic acids is 1. The summed E-state index contributed by atoms with van der Waals surface area (Å²) in [4.78, 5) is 14.3. The number of hydrogen-bond donors (Lipinski definition) is 0. The first-order valence-corrected chi connectivity index (χ1v) is 10.3. The van der Waals surface area contributed by atoms with Gasteiger partial charge in [0.05, 0.1) is 10.6 Å². The minimum absolute atomic E-state index is 0.0947. The van der Waals surface area contributed by atoms with E-state index in [-0.39, 0.29) is 16.8 Å². The second kappa shape index (κ2) is 8.36. The van der Waals surface area contributed by atoms with E-state index in [0.29, 0.717) is 24.3 Å². The molecule has 0 spiro atoms. The van der Waals surface area contributed by atoms with Crippen molar-refractivity contribution in [3.05, 3.63) is 60.2 Å². The molecule has 5 nitrogen and oxygen atoms in total. The van der Waals surface area contributed by atoms with Crippen molar-refractivity contribution in [2.24, 2.45) is 0 Å². The summed E-state index contributed by atoms with van der Waals surface area (Å²) < 4.78 is 27.7. The maximum Gasteiger partial charge on any atom is 0.264 e. The summed E-state index contributed by atoms with van der Waals surface area (Å²) in [6.45, 7) is 8.74. The van der Waals surface area contributed by atoms with E-state index < -0.39 is 10.0 Å². The summed E-state index contributed by atoms with van der Waals surface area (Å²) in [5.41, 5.74) is 1.11. The summed E-state index contributed by atoms with van der Waals surface area (Å²) in [5, 5.41) is 0. The van der Waals surface area contributed by atoms with Crippen molar-refractivity contribution in [1.29, 1.82) is 0 Å². The lowest BCUT2D eigenvalue weighted by molar-refractivity contribution is 0.0773. The lowest BCUT2D eigenvalue weighted by Gasteiger charge is -2.28. The minimum atomic E-state index is -3.72. The Morgan fingerprint density at radius 3 is 1.92 bits per heavy atom. The van der Waals surface area contributed by atoms with E-state index in [4.69, 9.17) is 0 Å². The molecule has 26 heavy (non-hydrogen) atoms. The van der Waals surface area contributed by atoms with Crippen LogP contribution in [0.2, 0.25) is 0 Å². The van der Waals surface area contributed by atoms with Crippen LogP contribution in [-0.4, -0.2) is 38.4 Å². The van der Waals surface area contributed by atoms with Gasteiger partial charge in [0.15, 0.2) is 0 Å². The van der Waals surface area contributed by atoms with Crippen LogP contribution < -0.4 is 4.31 Å². The quantitative estimate of drug-likeness (QED) is 0.741. The Kier molecular flexibility index (Phi) is 6.42. The Balaban J connectivity index is 2.38. The molecule has 0 unspecified atom stereocenters. The van der Waals surface area contributed by atoms with Crippen molar-refractivity contribution in [2.75, 3.05) is 17.4 Å². The molecule has 0 heterocycles. The van der Waals surface area contributed by atoms with Crippen molar-refractivity contribution in [3.63, 3.8) is 0 Å². The molecule has 0 aliphatic rings. The van der Waals surface area contributed by atoms with Crippen LogP contribution in [0.15, 0.2) is 59.5 Å². The lowest BCUT2D eigenvalue weighted by Crippen LogP contribution is -2.37. The van der Waals surface area contributed by atoms with Gasteiger partial charge in [-0.2, -0.15) is 0 Å². The fourth-order valence-electron chi connectivity index (χ4n) is 2.87. The number of anilines is 1. The molecule has 140 valence electrons. The SMILES string of the molecule is CCN(CC)C(=O)c1ccc(S(=O)(=O)N(c2ccccc2)C(C)C)cc1. The van der Waals surface area contributed by atoms with Crippen LogP contribution in [0.25, 0.3) is 0 Å². The average Bonchev–Trinajstić information content (AvgIpc) is 2.63. The third-order valence-corrected chi connectivity index (χ3v) is 6.21. The number of carbonyl (C=O) groups is 1. The molecular weight excluding hydrogens is 348 g/mol. The second-order valence-corrected chi connectivity index (χ2v) is 8.05. The lowest BCUT2D eigenvalue weighted by atomic mass is 10.2. The second-order valence-electron chi connectivity index (χ2n) is 6.23. The third-order valence-electron chi connectivity index (χ3n) is 4.19. The van der Waals surface area contributed by atoms with Crippen LogP contribution in [0.1, 0.15) is 38.1 Å². The summed E-state index contributed by atoms with van der Waals surface area (Å²) in [5.74, 6) is -0.0947. The van der Waals surface area contributed by atoms with Gasteiger partial charge < -0.3 is 4.90 Å². The van der Waals surface area contributed by atoms with Crippen molar-refractivity contribution in [1.82, 2.24) is 4.90 Å². The van der Waals surface area contributed by atoms with Crippen LogP contribution in [0.4, 0.5) is 5.69 Å². The third kappa shape index (κ3) is 4.07. The number of para-hydroxylation sites is 1. The zero-order valence-electron chi connectivity index (χ0n) is 15.7. The Morgan fingerprint density at radius 1 is 0.923 bits per heavy atom. The molecule has 0 aliphatic carbocycles. The molecule has 0 fully saturated rings. The van der Waals surface area contributed by atoms with Gasteiger partial charge in [-0.1, -0.05) is 18.2 Å². The highest BCUT2D eigenvalue weighted by Crippen LogP contribution is 2.26. The standard InChI is InChI=1S/C20H26N2O3S/c1-5-21(6-2)20(23)17-12-14-19(15-13-17)26(24,25)22(16(3)4)18-10-8-7-9-11-18/h7-16H,5-6H2,1-4H3. The van der Waals surface area contributed by atoms with Gasteiger partial charge >= 0.3 is 0 Å². The predicted octanol–water partition coefficient (Wildman–Crippen LogP) is 3.77. The number of rotatable bonds is 7. The topological polar surface area (TPSA) is 57.7 Å². The van der Waals surface area contributed by atoms with Crippen molar-refractivity contribution < 1.29 is 13.2 Å². The molecule has 0 aromatic heterocycles. The first kappa shape index (κ1) is 20.0. The number of hydrogen-bond acceptors (Lipinski definition) is 3. The Labute approximate surface area is 156 Å². The molecule has 0 atom stereocenters. The molecule has 2 aromatic rings. The normalized spacial score (nSPS) is 11.4. The fraction of sp³-hybridized carbons (Fsp3) is 0.350. The molecular formula is C20H26N2O3S. The molecule has 2 aromatic carbocycles. The maximum absolute atomic E-state index is 13.1. The highest BCUT2D eigenvalue weighted by molar-refractivity contribution is 7.92. The van der Waals surface area contributed by atoms with E-state index in [1.54, 1.807) is 29.2 Å². The summed E-state index contributed by atoms with van der Waals surface area (Å²) >= 11 is 0. The number of benzene rings is 2. The predicted molar refractivity (Wildman–Crippen MR) is 105 cm³/mol. The molecule has 0 N–H and O–H groups in total. The molecule has 0 saturated heterocycles. The molecule has 0 radical (unpaired) electrons. The van der Waals surface area contributed by atoms with Crippen LogP contribution in [0, 0.1) is 0 Å². The van der Waals surface area contributed by atoms with E-state index >= 15 is 0 Å². The van der Waals surface area contributed by atoms with Crippen LogP contribution in [0.3, 0.4) is 0 Å². The zero-order valence-corrected chi connectivity index (χ0v) is 16.5. The Morgan fingerprint density at radius 2 is 1.46 bits per heavy atom. The van der Waals surface area contributed by atoms with E-state index in [1.165, 1.54) is 16.4 Å². The van der Waals surface area contributed by atoms with Gasteiger partial charge in [-0.3, -0.25) is 9.10 Å². The van der Waals surface area contributed by atoms with Gasteiger partial charge in [-0.15, -0.1) is 0 Å². The first-order chi connectivity index (χ1) is 12.3.